The standard InChI is InChI=1S/C6H8O2.U/c1-3-4-6(2)8-5-7;/h3H2,1-2H3;/q-2;+2. The van der Waals surface area contributed by atoms with Crippen LogP contribution in [0.4, 0.5) is 0 Å². The summed E-state index contributed by atoms with van der Waals surface area (Å²) < 4.78 is 4.28. The zero-order valence-corrected chi connectivity index (χ0v) is 9.69. The van der Waals surface area contributed by atoms with Crippen LogP contribution in [0.5, 0.6) is 0 Å². The van der Waals surface area contributed by atoms with Crippen LogP contribution in [0.3, 0.4) is 0 Å². The Balaban J connectivity index is 0. The molecule has 0 radical (unpaired) electrons. The second kappa shape index (κ2) is 8.26. The van der Waals surface area contributed by atoms with Crippen LogP contribution >= 0.6 is 0 Å². The minimum absolute atomic E-state index is 0. The van der Waals surface area contributed by atoms with Crippen LogP contribution in [0.25, 0.3) is 0 Å². The fourth-order valence-corrected chi connectivity index (χ4v) is 0.348. The average Bonchev–Trinajstić information content (AvgIpc) is 1.68. The van der Waals surface area contributed by atoms with Crippen molar-refractivity contribution in [3.05, 3.63) is 11.8 Å². The normalized spacial score (nSPS) is 9.78. The van der Waals surface area contributed by atoms with Crippen molar-refractivity contribution < 1.29 is 40.6 Å². The van der Waals surface area contributed by atoms with Gasteiger partial charge in [-0.15, -0.1) is 6.92 Å². The Labute approximate surface area is 79.0 Å². The molecule has 0 aromatic heterocycles. The zero-order valence-electron chi connectivity index (χ0n) is 5.52. The van der Waals surface area contributed by atoms with E-state index in [9.17, 15) is 4.79 Å². The van der Waals surface area contributed by atoms with Crippen molar-refractivity contribution in [2.24, 2.45) is 0 Å². The summed E-state index contributed by atoms with van der Waals surface area (Å²) in [5.74, 6) is 0.488. The van der Waals surface area contributed by atoms with Gasteiger partial charge in [-0.2, -0.15) is 0 Å². The first-order chi connectivity index (χ1) is 3.81. The van der Waals surface area contributed by atoms with Crippen molar-refractivity contribution in [2.45, 2.75) is 20.3 Å². The summed E-state index contributed by atoms with van der Waals surface area (Å²) >= 11 is 0. The first kappa shape index (κ1) is 12.0. The summed E-state index contributed by atoms with van der Waals surface area (Å²) in [7, 11) is 0. The molecule has 48 valence electrons. The summed E-state index contributed by atoms with van der Waals surface area (Å²) in [4.78, 5) is 9.48. The molecule has 9 heavy (non-hydrogen) atoms. The van der Waals surface area contributed by atoms with Gasteiger partial charge in [-0.25, -0.2) is 12.2 Å². The molecule has 0 saturated carbocycles. The number of hydrogen-bond donors (Lipinski definition) is 0. The fourth-order valence-electron chi connectivity index (χ4n) is 0.348. The maximum absolute atomic E-state index is 9.48. The largest absolute Gasteiger partial charge is 2.00 e. The van der Waals surface area contributed by atoms with E-state index in [1.165, 1.54) is 6.47 Å². The Bertz CT molecular complexity index is 99.2. The van der Waals surface area contributed by atoms with Gasteiger partial charge in [-0.05, 0) is 0 Å². The van der Waals surface area contributed by atoms with Gasteiger partial charge in [-0.3, -0.25) is 0 Å². The Morgan fingerprint density at radius 1 is 1.67 bits per heavy atom. The molecule has 0 heterocycles. The van der Waals surface area contributed by atoms with E-state index in [1.807, 2.05) is 6.92 Å². The van der Waals surface area contributed by atoms with Crippen molar-refractivity contribution in [3.8, 4) is 0 Å². The van der Waals surface area contributed by atoms with E-state index >= 15 is 0 Å². The van der Waals surface area contributed by atoms with Crippen molar-refractivity contribution in [3.63, 3.8) is 0 Å². The van der Waals surface area contributed by atoms with Gasteiger partial charge in [0.1, 0.15) is 0 Å². The summed E-state index contributed by atoms with van der Waals surface area (Å²) in [6.45, 7) is 4.88. The topological polar surface area (TPSA) is 26.3 Å². The zero-order chi connectivity index (χ0) is 6.41. The van der Waals surface area contributed by atoms with E-state index in [4.69, 9.17) is 0 Å². The third kappa shape index (κ3) is 8.26. The second-order valence-corrected chi connectivity index (χ2v) is 1.27. The Morgan fingerprint density at radius 3 is 2.56 bits per heavy atom. The Morgan fingerprint density at radius 2 is 2.22 bits per heavy atom. The molecule has 0 N–H and O–H groups in total. The summed E-state index contributed by atoms with van der Waals surface area (Å²) in [6.07, 6.45) is 3.54. The van der Waals surface area contributed by atoms with Crippen LogP contribution in [0.15, 0.2) is 5.76 Å². The van der Waals surface area contributed by atoms with Crippen molar-refractivity contribution in [1.29, 1.82) is 0 Å². The molecule has 0 aliphatic heterocycles. The van der Waals surface area contributed by atoms with E-state index in [2.05, 4.69) is 10.8 Å². The minimum atomic E-state index is 0. The molecule has 0 aliphatic carbocycles. The number of rotatable bonds is 3. The first-order valence-electron chi connectivity index (χ1n) is 2.42. The van der Waals surface area contributed by atoms with Crippen LogP contribution < -0.4 is 0 Å². The summed E-state index contributed by atoms with van der Waals surface area (Å²) in [5.41, 5.74) is 0. The Kier molecular flexibility index (Phi) is 11.0. The molecule has 0 aromatic carbocycles. The van der Waals surface area contributed by atoms with E-state index in [-0.39, 0.29) is 31.1 Å². The number of carbonyl (C=O) groups excluding carboxylic acids is 1. The number of ether oxygens (including phenoxy) is 1. The van der Waals surface area contributed by atoms with Crippen molar-refractivity contribution in [1.82, 2.24) is 0 Å². The molecule has 0 fully saturated rings. The molecule has 2 nitrogen and oxygen atoms in total. The number of hydrogen-bond acceptors (Lipinski definition) is 2. The average molecular weight is 350 g/mol. The van der Waals surface area contributed by atoms with Gasteiger partial charge < -0.3 is 15.6 Å². The van der Waals surface area contributed by atoms with E-state index < -0.39 is 0 Å². The van der Waals surface area contributed by atoms with Gasteiger partial charge in [0.25, 0.3) is 0 Å². The van der Waals surface area contributed by atoms with Crippen LogP contribution in [0.1, 0.15) is 20.3 Å². The molecule has 0 saturated heterocycles. The Hall–Kier alpha value is 0.262. The van der Waals surface area contributed by atoms with Gasteiger partial charge in [0.2, 0.25) is 0 Å². The quantitative estimate of drug-likeness (QED) is 0.565. The van der Waals surface area contributed by atoms with Gasteiger partial charge >= 0.3 is 31.1 Å². The van der Waals surface area contributed by atoms with Gasteiger partial charge in [0.15, 0.2) is 6.47 Å². The molecule has 0 spiro atoms. The number of allylic oxidation sites excluding steroid dienone is 2. The monoisotopic (exact) mass is 350 g/mol. The van der Waals surface area contributed by atoms with Crippen LogP contribution in [0, 0.1) is 37.2 Å². The van der Waals surface area contributed by atoms with E-state index in [0.29, 0.717) is 5.76 Å². The first-order valence-corrected chi connectivity index (χ1v) is 2.42. The summed E-state index contributed by atoms with van der Waals surface area (Å²) in [6, 6.07) is 0. The smallest absolute Gasteiger partial charge is 0.649 e. The van der Waals surface area contributed by atoms with E-state index in [0.717, 1.165) is 6.42 Å². The molecule has 0 aliphatic rings. The van der Waals surface area contributed by atoms with Crippen LogP contribution in [-0.2, 0) is 9.53 Å². The molecule has 0 unspecified atom stereocenters. The minimum Gasteiger partial charge on any atom is -0.649 e. The maximum atomic E-state index is 9.48. The molecule has 0 rings (SSSR count). The third-order valence-electron chi connectivity index (χ3n) is 0.620. The predicted octanol–water partition coefficient (Wildman–Crippen LogP) is 1.19. The molecule has 3 heteroatoms. The third-order valence-corrected chi connectivity index (χ3v) is 0.620. The second-order valence-electron chi connectivity index (χ2n) is 1.27. The molecular weight excluding hydrogens is 342 g/mol. The molecule has 0 amide bonds. The van der Waals surface area contributed by atoms with Gasteiger partial charge in [0, 0.05) is 0 Å². The van der Waals surface area contributed by atoms with Crippen molar-refractivity contribution in [2.75, 3.05) is 0 Å². The molecule has 0 aromatic rings. The van der Waals surface area contributed by atoms with Crippen LogP contribution in [0.2, 0.25) is 0 Å². The predicted molar refractivity (Wildman–Crippen MR) is 29.5 cm³/mol. The van der Waals surface area contributed by atoms with Crippen molar-refractivity contribution >= 4 is 6.47 Å². The SMILES string of the molecule is CC[C-]=C(C)O[C-]=O.[U+2]. The van der Waals surface area contributed by atoms with Gasteiger partial charge in [-0.1, -0.05) is 6.92 Å². The maximum Gasteiger partial charge on any atom is 2.00 e. The molecule has 0 atom stereocenters. The van der Waals surface area contributed by atoms with Crippen LogP contribution in [-0.4, -0.2) is 6.47 Å². The van der Waals surface area contributed by atoms with Gasteiger partial charge in [0.05, 0.1) is 0 Å². The molecular formula is C6H8O2U. The fraction of sp³-hybridized carbons (Fsp3) is 0.500. The molecule has 0 bridgehead atoms. The summed E-state index contributed by atoms with van der Waals surface area (Å²) in [5, 5.41) is 0. The van der Waals surface area contributed by atoms with E-state index in [1.54, 1.807) is 6.92 Å².